The third-order valence-electron chi connectivity index (χ3n) is 4.72. The van der Waals surface area contributed by atoms with Crippen molar-refractivity contribution in [2.45, 2.75) is 24.4 Å². The van der Waals surface area contributed by atoms with Crippen LogP contribution in [0.25, 0.3) is 0 Å². The Bertz CT molecular complexity index is 831. The van der Waals surface area contributed by atoms with Crippen molar-refractivity contribution < 1.29 is 49.6 Å². The summed E-state index contributed by atoms with van der Waals surface area (Å²) in [4.78, 5) is 0. The minimum absolute atomic E-state index is 0.0447. The van der Waals surface area contributed by atoms with Gasteiger partial charge in [0, 0.05) is 0 Å². The Kier molecular flexibility index (Phi) is 8.72. The summed E-state index contributed by atoms with van der Waals surface area (Å²) < 4.78 is 21.4. The van der Waals surface area contributed by atoms with Crippen molar-refractivity contribution >= 4 is 0 Å². The van der Waals surface area contributed by atoms with E-state index < -0.39 is 37.6 Å². The lowest BCUT2D eigenvalue weighted by Crippen LogP contribution is -2.29. The summed E-state index contributed by atoms with van der Waals surface area (Å²) in [6.07, 6.45) is -5.30. The fraction of sp³-hybridized carbons (Fsp3) is 0.429. The molecule has 31 heavy (non-hydrogen) atoms. The van der Waals surface area contributed by atoms with Gasteiger partial charge in [0.15, 0.2) is 29.1 Å². The van der Waals surface area contributed by atoms with Crippen LogP contribution in [0.4, 0.5) is 0 Å². The van der Waals surface area contributed by atoms with E-state index in [4.69, 9.17) is 24.1 Å². The van der Waals surface area contributed by atoms with E-state index in [9.17, 15) is 25.5 Å². The van der Waals surface area contributed by atoms with Crippen LogP contribution in [0.3, 0.4) is 0 Å². The van der Waals surface area contributed by atoms with Crippen LogP contribution >= 0.6 is 0 Å². The number of benzene rings is 2. The first-order valence-electron chi connectivity index (χ1n) is 9.36. The van der Waals surface area contributed by atoms with Gasteiger partial charge in [0.05, 0.1) is 34.5 Å². The molecule has 2 aromatic rings. The Morgan fingerprint density at radius 2 is 1.29 bits per heavy atom. The van der Waals surface area contributed by atoms with Gasteiger partial charge in [-0.25, -0.2) is 0 Å². The van der Waals surface area contributed by atoms with E-state index in [0.29, 0.717) is 5.56 Å². The highest BCUT2D eigenvalue weighted by molar-refractivity contribution is 5.54. The lowest BCUT2D eigenvalue weighted by atomic mass is 10.0. The van der Waals surface area contributed by atoms with Gasteiger partial charge in [-0.15, -0.1) is 0 Å². The fourth-order valence-electron chi connectivity index (χ4n) is 2.95. The Morgan fingerprint density at radius 1 is 0.742 bits per heavy atom. The van der Waals surface area contributed by atoms with E-state index in [1.165, 1.54) is 51.7 Å². The largest absolute Gasteiger partial charge is 0.504 e. The third-order valence-corrected chi connectivity index (χ3v) is 4.72. The molecule has 2 aromatic carbocycles. The van der Waals surface area contributed by atoms with Crippen LogP contribution in [0.2, 0.25) is 0 Å². The highest BCUT2D eigenvalue weighted by Crippen LogP contribution is 2.42. The number of ether oxygens (including phenoxy) is 4. The standard InChI is InChI=1S/C21H28O10/c1-28-15-6-11(4-5-13(15)24)20(27)18(10-23)31-21-16(29-2)7-12(8-17(21)30-3)19(26)14(25)9-22/h4-8,14,18-20,22-27H,9-10H2,1-3H3/t14-,18+,19+,20-/m0/s1. The lowest BCUT2D eigenvalue weighted by molar-refractivity contribution is -0.0158. The zero-order chi connectivity index (χ0) is 23.1. The number of hydrogen-bond donors (Lipinski definition) is 6. The van der Waals surface area contributed by atoms with Crippen LogP contribution in [0.15, 0.2) is 30.3 Å². The SMILES string of the molecule is COc1cc([C@H](O)[C@@H](CO)Oc2c(OC)cc([C@@H](O)[C@@H](O)CO)cc2OC)ccc1O. The van der Waals surface area contributed by atoms with Crippen LogP contribution in [-0.2, 0) is 0 Å². The number of aromatic hydroxyl groups is 1. The van der Waals surface area contributed by atoms with E-state index in [2.05, 4.69) is 0 Å². The second kappa shape index (κ2) is 11.0. The molecule has 0 saturated heterocycles. The zero-order valence-corrected chi connectivity index (χ0v) is 17.4. The van der Waals surface area contributed by atoms with Gasteiger partial charge in [0.1, 0.15) is 18.3 Å². The van der Waals surface area contributed by atoms with Crippen molar-refractivity contribution in [2.75, 3.05) is 34.5 Å². The molecule has 0 fully saturated rings. The molecular weight excluding hydrogens is 412 g/mol. The van der Waals surface area contributed by atoms with E-state index in [1.807, 2.05) is 0 Å². The van der Waals surface area contributed by atoms with Gasteiger partial charge in [-0.3, -0.25) is 0 Å². The molecule has 10 nitrogen and oxygen atoms in total. The molecule has 0 unspecified atom stereocenters. The van der Waals surface area contributed by atoms with Crippen LogP contribution in [0.5, 0.6) is 28.7 Å². The predicted octanol–water partition coefficient (Wildman–Crippen LogP) is 0.278. The monoisotopic (exact) mass is 440 g/mol. The summed E-state index contributed by atoms with van der Waals surface area (Å²) in [6.45, 7) is -1.23. The van der Waals surface area contributed by atoms with Crippen molar-refractivity contribution in [2.24, 2.45) is 0 Å². The molecule has 0 aromatic heterocycles. The molecular formula is C21H28O10. The molecule has 0 amide bonds. The summed E-state index contributed by atoms with van der Waals surface area (Å²) >= 11 is 0. The Morgan fingerprint density at radius 3 is 1.77 bits per heavy atom. The summed E-state index contributed by atoms with van der Waals surface area (Å²) in [7, 11) is 4.05. The maximum Gasteiger partial charge on any atom is 0.204 e. The van der Waals surface area contributed by atoms with E-state index in [1.54, 1.807) is 0 Å². The van der Waals surface area contributed by atoms with Crippen molar-refractivity contribution in [3.8, 4) is 28.7 Å². The first-order chi connectivity index (χ1) is 14.8. The summed E-state index contributed by atoms with van der Waals surface area (Å²) in [5.41, 5.74) is 0.525. The quantitative estimate of drug-likeness (QED) is 0.287. The lowest BCUT2D eigenvalue weighted by Gasteiger charge is -2.26. The smallest absolute Gasteiger partial charge is 0.204 e. The third kappa shape index (κ3) is 5.49. The number of aliphatic hydroxyl groups is 5. The fourth-order valence-corrected chi connectivity index (χ4v) is 2.95. The molecule has 2 rings (SSSR count). The minimum atomic E-state index is -1.42. The highest BCUT2D eigenvalue weighted by Gasteiger charge is 2.28. The maximum atomic E-state index is 10.7. The van der Waals surface area contributed by atoms with Gasteiger partial charge in [-0.2, -0.15) is 0 Å². The van der Waals surface area contributed by atoms with Gasteiger partial charge in [0.25, 0.3) is 0 Å². The maximum absolute atomic E-state index is 10.7. The van der Waals surface area contributed by atoms with Gasteiger partial charge in [-0.1, -0.05) is 6.07 Å². The molecule has 4 atom stereocenters. The molecule has 0 heterocycles. The van der Waals surface area contributed by atoms with Crippen LogP contribution in [-0.4, -0.2) is 77.4 Å². The van der Waals surface area contributed by atoms with E-state index in [-0.39, 0.29) is 34.3 Å². The Hall–Kier alpha value is -2.76. The molecule has 172 valence electrons. The summed E-state index contributed by atoms with van der Waals surface area (Å²) in [5.74, 6) is 0.287. The molecule has 0 bridgehead atoms. The van der Waals surface area contributed by atoms with Crippen LogP contribution < -0.4 is 18.9 Å². The van der Waals surface area contributed by atoms with Crippen molar-refractivity contribution in [1.29, 1.82) is 0 Å². The van der Waals surface area contributed by atoms with Gasteiger partial charge < -0.3 is 49.6 Å². The number of phenolic OH excluding ortho intramolecular Hbond substituents is 1. The number of rotatable bonds is 11. The van der Waals surface area contributed by atoms with Crippen LogP contribution in [0.1, 0.15) is 23.3 Å². The molecule has 0 aliphatic rings. The van der Waals surface area contributed by atoms with Gasteiger partial charge in [0.2, 0.25) is 5.75 Å². The molecule has 0 saturated carbocycles. The summed E-state index contributed by atoms with van der Waals surface area (Å²) in [6, 6.07) is 6.97. The average Bonchev–Trinajstić information content (AvgIpc) is 2.80. The van der Waals surface area contributed by atoms with E-state index in [0.717, 1.165) is 0 Å². The van der Waals surface area contributed by atoms with Crippen molar-refractivity contribution in [3.05, 3.63) is 41.5 Å². The van der Waals surface area contributed by atoms with Gasteiger partial charge >= 0.3 is 0 Å². The number of methoxy groups -OCH3 is 3. The van der Waals surface area contributed by atoms with Crippen molar-refractivity contribution in [1.82, 2.24) is 0 Å². The first-order valence-corrected chi connectivity index (χ1v) is 9.36. The minimum Gasteiger partial charge on any atom is -0.504 e. The average molecular weight is 440 g/mol. The highest BCUT2D eigenvalue weighted by atomic mass is 16.6. The molecule has 10 heteroatoms. The number of phenols is 1. The summed E-state index contributed by atoms with van der Waals surface area (Å²) in [5, 5.41) is 59.3. The zero-order valence-electron chi connectivity index (χ0n) is 17.4. The predicted molar refractivity (Wildman–Crippen MR) is 109 cm³/mol. The second-order valence-corrected chi connectivity index (χ2v) is 6.66. The van der Waals surface area contributed by atoms with Crippen LogP contribution in [0, 0.1) is 0 Å². The number of hydrogen-bond acceptors (Lipinski definition) is 10. The Labute approximate surface area is 179 Å². The normalized spacial score (nSPS) is 15.0. The van der Waals surface area contributed by atoms with E-state index >= 15 is 0 Å². The number of aliphatic hydroxyl groups excluding tert-OH is 5. The second-order valence-electron chi connectivity index (χ2n) is 6.66. The molecule has 0 radical (unpaired) electrons. The van der Waals surface area contributed by atoms with Crippen molar-refractivity contribution in [3.63, 3.8) is 0 Å². The molecule has 0 aliphatic heterocycles. The molecule has 0 spiro atoms. The Balaban J connectivity index is 2.40. The molecule has 6 N–H and O–H groups in total. The topological polar surface area (TPSA) is 158 Å². The molecule has 0 aliphatic carbocycles. The van der Waals surface area contributed by atoms with Gasteiger partial charge in [-0.05, 0) is 35.4 Å². The first kappa shape index (κ1) is 24.5.